The van der Waals surface area contributed by atoms with Gasteiger partial charge in [-0.2, -0.15) is 0 Å². The Bertz CT molecular complexity index is 438. The number of hydrogen-bond donors (Lipinski definition) is 2. The summed E-state index contributed by atoms with van der Waals surface area (Å²) in [5.41, 5.74) is 7.56. The van der Waals surface area contributed by atoms with Crippen molar-refractivity contribution in [3.8, 4) is 0 Å². The minimum Gasteiger partial charge on any atom is -0.399 e. The highest BCUT2D eigenvalue weighted by Crippen LogP contribution is 2.21. The van der Waals surface area contributed by atoms with Crippen molar-refractivity contribution in [3.63, 3.8) is 0 Å². The molecule has 0 heterocycles. The Morgan fingerprint density at radius 2 is 1.95 bits per heavy atom. The van der Waals surface area contributed by atoms with E-state index in [4.69, 9.17) is 5.73 Å². The molecule has 21 heavy (non-hydrogen) atoms. The Kier molecular flexibility index (Phi) is 6.05. The molecule has 1 aliphatic rings. The van der Waals surface area contributed by atoms with Crippen LogP contribution in [0.1, 0.15) is 37.7 Å². The Hall–Kier alpha value is -1.55. The summed E-state index contributed by atoms with van der Waals surface area (Å²) < 4.78 is 0. The van der Waals surface area contributed by atoms with Crippen LogP contribution in [0.3, 0.4) is 0 Å². The maximum absolute atomic E-state index is 11.8. The van der Waals surface area contributed by atoms with Gasteiger partial charge in [-0.1, -0.05) is 25.0 Å². The monoisotopic (exact) mass is 289 g/mol. The van der Waals surface area contributed by atoms with E-state index >= 15 is 0 Å². The van der Waals surface area contributed by atoms with Gasteiger partial charge in [-0.15, -0.1) is 0 Å². The molecule has 116 valence electrons. The third-order valence-electron chi connectivity index (χ3n) is 4.36. The maximum atomic E-state index is 11.8. The summed E-state index contributed by atoms with van der Waals surface area (Å²) in [6, 6.07) is 8.44. The van der Waals surface area contributed by atoms with Gasteiger partial charge in [0.05, 0.1) is 0 Å². The van der Waals surface area contributed by atoms with Crippen molar-refractivity contribution < 1.29 is 4.79 Å². The Morgan fingerprint density at radius 3 is 2.62 bits per heavy atom. The molecule has 4 heteroatoms. The van der Waals surface area contributed by atoms with Gasteiger partial charge in [-0.05, 0) is 44.0 Å². The van der Waals surface area contributed by atoms with Crippen LogP contribution in [-0.4, -0.2) is 37.0 Å². The highest BCUT2D eigenvalue weighted by molar-refractivity contribution is 5.76. The number of nitrogens with one attached hydrogen (secondary N) is 1. The number of nitrogen functional groups attached to an aromatic ring is 1. The van der Waals surface area contributed by atoms with E-state index in [9.17, 15) is 4.79 Å². The van der Waals surface area contributed by atoms with Gasteiger partial charge in [0.15, 0.2) is 0 Å². The van der Waals surface area contributed by atoms with Gasteiger partial charge < -0.3 is 16.0 Å². The first-order valence-corrected chi connectivity index (χ1v) is 7.96. The van der Waals surface area contributed by atoms with E-state index in [1.165, 1.54) is 25.7 Å². The first-order chi connectivity index (χ1) is 10.1. The number of hydrogen-bond acceptors (Lipinski definition) is 3. The highest BCUT2D eigenvalue weighted by Gasteiger charge is 2.18. The van der Waals surface area contributed by atoms with Gasteiger partial charge in [0.2, 0.25) is 5.91 Å². The van der Waals surface area contributed by atoms with Crippen LogP contribution >= 0.6 is 0 Å². The molecular weight excluding hydrogens is 262 g/mol. The van der Waals surface area contributed by atoms with Crippen molar-refractivity contribution >= 4 is 11.6 Å². The average Bonchev–Trinajstić information content (AvgIpc) is 3.01. The first-order valence-electron chi connectivity index (χ1n) is 7.96. The van der Waals surface area contributed by atoms with Crippen molar-refractivity contribution in [3.05, 3.63) is 29.8 Å². The fourth-order valence-corrected chi connectivity index (χ4v) is 2.93. The zero-order valence-corrected chi connectivity index (χ0v) is 13.0. The Morgan fingerprint density at radius 1 is 1.29 bits per heavy atom. The lowest BCUT2D eigenvalue weighted by Gasteiger charge is -2.23. The molecule has 0 aliphatic heterocycles. The lowest BCUT2D eigenvalue weighted by atomic mass is 10.1. The van der Waals surface area contributed by atoms with E-state index in [0.717, 1.165) is 36.8 Å². The molecule has 4 nitrogen and oxygen atoms in total. The molecule has 0 aromatic heterocycles. The van der Waals surface area contributed by atoms with Crippen LogP contribution in [0.5, 0.6) is 0 Å². The highest BCUT2D eigenvalue weighted by atomic mass is 16.1. The normalized spacial score (nSPS) is 15.5. The van der Waals surface area contributed by atoms with E-state index in [0.29, 0.717) is 6.42 Å². The van der Waals surface area contributed by atoms with Crippen molar-refractivity contribution in [2.75, 3.05) is 25.9 Å². The molecule has 0 bridgehead atoms. The second-order valence-corrected chi connectivity index (χ2v) is 6.01. The summed E-state index contributed by atoms with van der Waals surface area (Å²) in [7, 11) is 2.16. The second-order valence-electron chi connectivity index (χ2n) is 6.01. The summed E-state index contributed by atoms with van der Waals surface area (Å²) in [5, 5.41) is 3.01. The van der Waals surface area contributed by atoms with Crippen molar-refractivity contribution in [2.24, 2.45) is 0 Å². The number of nitrogens with zero attached hydrogens (tertiary/aromatic N) is 1. The van der Waals surface area contributed by atoms with Crippen LogP contribution < -0.4 is 11.1 Å². The summed E-state index contributed by atoms with van der Waals surface area (Å²) in [4.78, 5) is 14.2. The number of likely N-dealkylation sites (N-methyl/N-ethyl adjacent to an activating group) is 1. The fourth-order valence-electron chi connectivity index (χ4n) is 2.93. The quantitative estimate of drug-likeness (QED) is 0.757. The van der Waals surface area contributed by atoms with Crippen molar-refractivity contribution in [2.45, 2.75) is 44.6 Å². The van der Waals surface area contributed by atoms with Crippen LogP contribution in [0.15, 0.2) is 24.3 Å². The summed E-state index contributed by atoms with van der Waals surface area (Å²) in [6.45, 7) is 1.69. The molecule has 1 fully saturated rings. The van der Waals surface area contributed by atoms with Crippen LogP contribution in [0.25, 0.3) is 0 Å². The molecule has 1 aromatic rings. The number of carbonyl (C=O) groups excluding carboxylic acids is 1. The number of carbonyl (C=O) groups is 1. The standard InChI is InChI=1S/C17H27N3O/c1-20(16-4-2-3-5-16)13-12-19-17(21)11-8-14-6-9-15(18)10-7-14/h6-7,9-10,16H,2-5,8,11-13,18H2,1H3,(H,19,21). The van der Waals surface area contributed by atoms with Gasteiger partial charge in [-0.25, -0.2) is 0 Å². The molecule has 0 saturated heterocycles. The molecule has 1 aromatic carbocycles. The molecule has 0 radical (unpaired) electrons. The molecule has 2 rings (SSSR count). The first kappa shape index (κ1) is 15.8. The zero-order valence-electron chi connectivity index (χ0n) is 13.0. The molecule has 0 unspecified atom stereocenters. The van der Waals surface area contributed by atoms with Crippen molar-refractivity contribution in [1.82, 2.24) is 10.2 Å². The number of aryl methyl sites for hydroxylation is 1. The van der Waals surface area contributed by atoms with Gasteiger partial charge in [0.1, 0.15) is 0 Å². The average molecular weight is 289 g/mol. The van der Waals surface area contributed by atoms with Gasteiger partial charge >= 0.3 is 0 Å². The third kappa shape index (κ3) is 5.38. The number of rotatable bonds is 7. The largest absolute Gasteiger partial charge is 0.399 e. The maximum Gasteiger partial charge on any atom is 0.220 e. The summed E-state index contributed by atoms with van der Waals surface area (Å²) in [5.74, 6) is 0.131. The number of amides is 1. The molecule has 1 amide bonds. The van der Waals surface area contributed by atoms with E-state index in [1.54, 1.807) is 0 Å². The molecule has 0 atom stereocenters. The Balaban J connectivity index is 1.60. The molecule has 1 aliphatic carbocycles. The summed E-state index contributed by atoms with van der Waals surface area (Å²) >= 11 is 0. The third-order valence-corrected chi connectivity index (χ3v) is 4.36. The van der Waals surface area contributed by atoms with Crippen LogP contribution in [0.4, 0.5) is 5.69 Å². The minimum absolute atomic E-state index is 0.131. The van der Waals surface area contributed by atoms with E-state index in [1.807, 2.05) is 24.3 Å². The Labute approximate surface area is 127 Å². The SMILES string of the molecule is CN(CCNC(=O)CCc1ccc(N)cc1)C1CCCC1. The van der Waals surface area contributed by atoms with Gasteiger partial charge in [0.25, 0.3) is 0 Å². The molecule has 0 spiro atoms. The molecule has 1 saturated carbocycles. The lowest BCUT2D eigenvalue weighted by molar-refractivity contribution is -0.121. The van der Waals surface area contributed by atoms with Crippen LogP contribution in [0.2, 0.25) is 0 Å². The summed E-state index contributed by atoms with van der Waals surface area (Å²) in [6.07, 6.45) is 6.62. The molecule has 3 N–H and O–H groups in total. The number of anilines is 1. The predicted octanol–water partition coefficient (Wildman–Crippen LogP) is 2.19. The number of nitrogens with two attached hydrogens (primary N) is 1. The van der Waals surface area contributed by atoms with E-state index < -0.39 is 0 Å². The topological polar surface area (TPSA) is 58.4 Å². The van der Waals surface area contributed by atoms with Crippen LogP contribution in [0, 0.1) is 0 Å². The van der Waals surface area contributed by atoms with Crippen LogP contribution in [-0.2, 0) is 11.2 Å². The lowest BCUT2D eigenvalue weighted by Crippen LogP contribution is -2.37. The zero-order chi connectivity index (χ0) is 15.1. The van der Waals surface area contributed by atoms with Gasteiger partial charge in [-0.3, -0.25) is 4.79 Å². The van der Waals surface area contributed by atoms with Gasteiger partial charge in [0, 0.05) is 31.2 Å². The molecular formula is C17H27N3O. The second kappa shape index (κ2) is 8.03. The van der Waals surface area contributed by atoms with E-state index in [-0.39, 0.29) is 5.91 Å². The minimum atomic E-state index is 0.131. The predicted molar refractivity (Wildman–Crippen MR) is 87.1 cm³/mol. The number of benzene rings is 1. The van der Waals surface area contributed by atoms with E-state index in [2.05, 4.69) is 17.3 Å². The van der Waals surface area contributed by atoms with Crippen molar-refractivity contribution in [1.29, 1.82) is 0 Å². The fraction of sp³-hybridized carbons (Fsp3) is 0.588. The smallest absolute Gasteiger partial charge is 0.220 e.